The summed E-state index contributed by atoms with van der Waals surface area (Å²) in [5.41, 5.74) is 2.67. The van der Waals surface area contributed by atoms with Crippen molar-refractivity contribution in [1.29, 1.82) is 0 Å². The van der Waals surface area contributed by atoms with Gasteiger partial charge in [0.05, 0.1) is 27.6 Å². The van der Waals surface area contributed by atoms with Crippen LogP contribution in [0.5, 0.6) is 0 Å². The number of hydrogen-bond acceptors (Lipinski definition) is 3. The summed E-state index contributed by atoms with van der Waals surface area (Å²) in [6.07, 6.45) is 3.47. The van der Waals surface area contributed by atoms with Gasteiger partial charge in [-0.15, -0.1) is 24.8 Å². The first-order valence-corrected chi connectivity index (χ1v) is 6.45. The Labute approximate surface area is 144 Å². The van der Waals surface area contributed by atoms with Gasteiger partial charge in [0.15, 0.2) is 0 Å². The summed E-state index contributed by atoms with van der Waals surface area (Å²) in [5.74, 6) is 0.824. The molecule has 0 radical (unpaired) electrons. The monoisotopic (exact) mass is 364 g/mol. The van der Waals surface area contributed by atoms with E-state index in [1.54, 1.807) is 24.5 Å². The van der Waals surface area contributed by atoms with E-state index in [-0.39, 0.29) is 24.8 Å². The van der Waals surface area contributed by atoms with Crippen molar-refractivity contribution in [2.75, 3.05) is 5.32 Å². The van der Waals surface area contributed by atoms with Crippen LogP contribution in [0.4, 0.5) is 5.69 Å². The van der Waals surface area contributed by atoms with Crippen molar-refractivity contribution >= 4 is 64.7 Å². The summed E-state index contributed by atoms with van der Waals surface area (Å²) in [7, 11) is 0. The van der Waals surface area contributed by atoms with Crippen molar-refractivity contribution < 1.29 is 0 Å². The van der Waals surface area contributed by atoms with Crippen LogP contribution in [-0.2, 0) is 6.54 Å². The fourth-order valence-electron chi connectivity index (χ4n) is 1.80. The molecule has 3 aromatic rings. The maximum Gasteiger partial charge on any atom is 0.126 e. The molecule has 3 rings (SSSR count). The number of aromatic nitrogens is 3. The smallest absolute Gasteiger partial charge is 0.126 e. The lowest BCUT2D eigenvalue weighted by molar-refractivity contribution is 1.01. The molecule has 0 amide bonds. The van der Waals surface area contributed by atoms with Crippen molar-refractivity contribution in [3.63, 3.8) is 0 Å². The van der Waals surface area contributed by atoms with Gasteiger partial charge in [-0.3, -0.25) is 4.98 Å². The summed E-state index contributed by atoms with van der Waals surface area (Å²) in [5, 5.41) is 4.28. The first-order valence-electron chi connectivity index (χ1n) is 5.70. The molecule has 0 unspecified atom stereocenters. The molecule has 2 aromatic heterocycles. The van der Waals surface area contributed by atoms with Crippen molar-refractivity contribution in [2.24, 2.45) is 0 Å². The van der Waals surface area contributed by atoms with Crippen LogP contribution >= 0.6 is 48.0 Å². The van der Waals surface area contributed by atoms with Gasteiger partial charge in [-0.05, 0) is 24.3 Å². The summed E-state index contributed by atoms with van der Waals surface area (Å²) < 4.78 is 0. The number of imidazole rings is 1. The molecule has 0 bridgehead atoms. The van der Waals surface area contributed by atoms with E-state index < -0.39 is 0 Å². The lowest BCUT2D eigenvalue weighted by Crippen LogP contribution is -2.00. The molecule has 8 heteroatoms. The average Bonchev–Trinajstić information content (AvgIpc) is 2.80. The molecule has 0 saturated carbocycles. The molecular weight excluding hydrogens is 354 g/mol. The number of rotatable bonds is 3. The number of H-pyrrole nitrogens is 1. The minimum Gasteiger partial charge on any atom is -0.378 e. The van der Waals surface area contributed by atoms with Crippen LogP contribution in [0.1, 0.15) is 5.82 Å². The van der Waals surface area contributed by atoms with Gasteiger partial charge in [0.1, 0.15) is 5.82 Å². The third-order valence-electron chi connectivity index (χ3n) is 2.71. The zero-order valence-electron chi connectivity index (χ0n) is 10.6. The summed E-state index contributed by atoms with van der Waals surface area (Å²) >= 11 is 11.9. The average molecular weight is 366 g/mol. The molecule has 0 aliphatic rings. The number of halogens is 4. The van der Waals surface area contributed by atoms with Gasteiger partial charge in [0, 0.05) is 18.1 Å². The number of hydrogen-bond donors (Lipinski definition) is 2. The number of fused-ring (bicyclic) bond motifs is 1. The molecule has 21 heavy (non-hydrogen) atoms. The Morgan fingerprint density at radius 1 is 1.05 bits per heavy atom. The second kappa shape index (κ2) is 7.71. The summed E-state index contributed by atoms with van der Waals surface area (Å²) in [6.45, 7) is 0.591. The quantitative estimate of drug-likeness (QED) is 0.705. The van der Waals surface area contributed by atoms with E-state index in [1.807, 2.05) is 12.1 Å². The molecular formula is C13H12Cl4N4. The highest BCUT2D eigenvalue weighted by Gasteiger charge is 2.06. The van der Waals surface area contributed by atoms with Gasteiger partial charge in [-0.25, -0.2) is 4.98 Å². The largest absolute Gasteiger partial charge is 0.378 e. The molecule has 0 aliphatic heterocycles. The predicted molar refractivity (Wildman–Crippen MR) is 92.2 cm³/mol. The van der Waals surface area contributed by atoms with E-state index in [9.17, 15) is 0 Å². The minimum absolute atomic E-state index is 0. The Bertz CT molecular complexity index is 676. The van der Waals surface area contributed by atoms with Gasteiger partial charge >= 0.3 is 0 Å². The topological polar surface area (TPSA) is 53.6 Å². The van der Waals surface area contributed by atoms with Crippen molar-refractivity contribution in [1.82, 2.24) is 15.0 Å². The van der Waals surface area contributed by atoms with E-state index in [1.165, 1.54) is 0 Å². The van der Waals surface area contributed by atoms with E-state index in [2.05, 4.69) is 20.3 Å². The molecule has 0 fully saturated rings. The Kier molecular flexibility index (Phi) is 6.55. The Balaban J connectivity index is 0.00000110. The molecule has 4 nitrogen and oxygen atoms in total. The highest BCUT2D eigenvalue weighted by Crippen LogP contribution is 2.26. The van der Waals surface area contributed by atoms with Crippen molar-refractivity contribution in [3.8, 4) is 0 Å². The fraction of sp³-hybridized carbons (Fsp3) is 0.0769. The van der Waals surface area contributed by atoms with Gasteiger partial charge in [0.25, 0.3) is 0 Å². The van der Waals surface area contributed by atoms with Gasteiger partial charge in [0.2, 0.25) is 0 Å². The highest BCUT2D eigenvalue weighted by molar-refractivity contribution is 6.42. The second-order valence-electron chi connectivity index (χ2n) is 4.06. The normalized spacial score (nSPS) is 9.81. The van der Waals surface area contributed by atoms with E-state index in [4.69, 9.17) is 23.2 Å². The SMILES string of the molecule is Cl.Cl.Clc1cc2nc(CNc3ccncc3)[nH]c2cc1Cl. The van der Waals surface area contributed by atoms with Crippen LogP contribution in [0.2, 0.25) is 10.0 Å². The van der Waals surface area contributed by atoms with E-state index in [0.717, 1.165) is 22.5 Å². The Hall–Kier alpha value is -1.20. The second-order valence-corrected chi connectivity index (χ2v) is 4.87. The third kappa shape index (κ3) is 4.14. The Morgan fingerprint density at radius 2 is 1.71 bits per heavy atom. The molecule has 0 atom stereocenters. The number of nitrogens with zero attached hydrogens (tertiary/aromatic N) is 2. The molecule has 0 saturated heterocycles. The fourth-order valence-corrected chi connectivity index (χ4v) is 2.12. The molecule has 1 aromatic carbocycles. The minimum atomic E-state index is 0. The molecule has 112 valence electrons. The Morgan fingerprint density at radius 3 is 2.43 bits per heavy atom. The number of benzene rings is 1. The van der Waals surface area contributed by atoms with Gasteiger partial charge in [-0.1, -0.05) is 23.2 Å². The van der Waals surface area contributed by atoms with Gasteiger partial charge in [-0.2, -0.15) is 0 Å². The van der Waals surface area contributed by atoms with Crippen molar-refractivity contribution in [2.45, 2.75) is 6.54 Å². The molecule has 2 heterocycles. The zero-order valence-corrected chi connectivity index (χ0v) is 13.8. The summed E-state index contributed by atoms with van der Waals surface area (Å²) in [4.78, 5) is 11.6. The predicted octanol–water partition coefficient (Wildman–Crippen LogP) is 4.72. The van der Waals surface area contributed by atoms with Crippen LogP contribution in [0.25, 0.3) is 11.0 Å². The number of anilines is 1. The third-order valence-corrected chi connectivity index (χ3v) is 3.44. The van der Waals surface area contributed by atoms with Crippen LogP contribution in [-0.4, -0.2) is 15.0 Å². The van der Waals surface area contributed by atoms with Crippen molar-refractivity contribution in [3.05, 3.63) is 52.5 Å². The van der Waals surface area contributed by atoms with Crippen LogP contribution in [0.15, 0.2) is 36.7 Å². The first-order chi connectivity index (χ1) is 9.22. The maximum absolute atomic E-state index is 5.97. The standard InChI is InChI=1S/C13H10Cl2N4.2ClH/c14-9-5-11-12(6-10(9)15)19-13(18-11)7-17-8-1-3-16-4-2-8;;/h1-6H,7H2,(H,16,17)(H,18,19);2*1H. The lowest BCUT2D eigenvalue weighted by Gasteiger charge is -2.02. The lowest BCUT2D eigenvalue weighted by atomic mass is 10.3. The number of nitrogens with one attached hydrogen (secondary N) is 2. The molecule has 2 N–H and O–H groups in total. The molecule has 0 spiro atoms. The highest BCUT2D eigenvalue weighted by atomic mass is 35.5. The van der Waals surface area contributed by atoms with Gasteiger partial charge < -0.3 is 10.3 Å². The van der Waals surface area contributed by atoms with Crippen LogP contribution in [0, 0.1) is 0 Å². The first kappa shape index (κ1) is 17.9. The van der Waals surface area contributed by atoms with Crippen LogP contribution in [0.3, 0.4) is 0 Å². The number of aromatic amines is 1. The van der Waals surface area contributed by atoms with Crippen LogP contribution < -0.4 is 5.32 Å². The summed E-state index contributed by atoms with van der Waals surface area (Å²) in [6, 6.07) is 7.33. The number of pyridine rings is 1. The zero-order chi connectivity index (χ0) is 13.2. The van der Waals surface area contributed by atoms with E-state index >= 15 is 0 Å². The molecule has 0 aliphatic carbocycles. The maximum atomic E-state index is 5.97. The van der Waals surface area contributed by atoms with E-state index in [0.29, 0.717) is 16.6 Å².